The molecule has 1 aromatic carbocycles. The van der Waals surface area contributed by atoms with Gasteiger partial charge >= 0.3 is 6.18 Å². The molecule has 1 aliphatic rings. The third-order valence-electron chi connectivity index (χ3n) is 3.44. The first-order valence-corrected chi connectivity index (χ1v) is 6.95. The van der Waals surface area contributed by atoms with Crippen molar-refractivity contribution in [3.63, 3.8) is 0 Å². The highest BCUT2D eigenvalue weighted by Gasteiger charge is 2.32. The first kappa shape index (κ1) is 14.7. The van der Waals surface area contributed by atoms with Crippen molar-refractivity contribution >= 4 is 21.6 Å². The van der Waals surface area contributed by atoms with Crippen molar-refractivity contribution in [2.24, 2.45) is 0 Å². The number of hydrogen-bond donors (Lipinski definition) is 2. The van der Waals surface area contributed by atoms with Gasteiger partial charge in [0, 0.05) is 15.7 Å². The van der Waals surface area contributed by atoms with Gasteiger partial charge in [0.2, 0.25) is 0 Å². The van der Waals surface area contributed by atoms with Crippen LogP contribution in [0, 0.1) is 0 Å². The summed E-state index contributed by atoms with van der Waals surface area (Å²) < 4.78 is 38.2. The third-order valence-corrected chi connectivity index (χ3v) is 4.10. The standard InChI is InChI=1S/C13H16BrF3N2/c1-12(4-6-18-7-5-12)19-11-3-2-9(8-10(11)14)13(15,16)17/h2-3,8,18-19H,4-7H2,1H3. The Balaban J connectivity index is 2.17. The van der Waals surface area contributed by atoms with Crippen molar-refractivity contribution in [1.82, 2.24) is 5.32 Å². The van der Waals surface area contributed by atoms with E-state index >= 15 is 0 Å². The maximum absolute atomic E-state index is 12.6. The van der Waals surface area contributed by atoms with Crippen molar-refractivity contribution in [3.8, 4) is 0 Å². The Bertz CT molecular complexity index is 454. The molecular formula is C13H16BrF3N2. The molecule has 0 radical (unpaired) electrons. The largest absolute Gasteiger partial charge is 0.416 e. The maximum atomic E-state index is 12.6. The molecular weight excluding hydrogens is 321 g/mol. The topological polar surface area (TPSA) is 24.1 Å². The number of piperidine rings is 1. The maximum Gasteiger partial charge on any atom is 0.416 e. The van der Waals surface area contributed by atoms with Gasteiger partial charge in [-0.2, -0.15) is 13.2 Å². The molecule has 1 heterocycles. The molecule has 0 atom stereocenters. The Morgan fingerprint density at radius 1 is 1.26 bits per heavy atom. The van der Waals surface area contributed by atoms with Crippen LogP contribution in [0.1, 0.15) is 25.3 Å². The fraction of sp³-hybridized carbons (Fsp3) is 0.538. The SMILES string of the molecule is CC1(Nc2ccc(C(F)(F)F)cc2Br)CCNCC1. The zero-order valence-electron chi connectivity index (χ0n) is 10.6. The molecule has 6 heteroatoms. The van der Waals surface area contributed by atoms with Crippen LogP contribution in [-0.4, -0.2) is 18.6 Å². The summed E-state index contributed by atoms with van der Waals surface area (Å²) in [6, 6.07) is 3.71. The van der Waals surface area contributed by atoms with E-state index < -0.39 is 11.7 Å². The van der Waals surface area contributed by atoms with Gasteiger partial charge in [-0.15, -0.1) is 0 Å². The summed E-state index contributed by atoms with van der Waals surface area (Å²) in [4.78, 5) is 0. The van der Waals surface area contributed by atoms with Gasteiger partial charge in [-0.25, -0.2) is 0 Å². The molecule has 0 unspecified atom stereocenters. The monoisotopic (exact) mass is 336 g/mol. The van der Waals surface area contributed by atoms with E-state index in [4.69, 9.17) is 0 Å². The van der Waals surface area contributed by atoms with Crippen LogP contribution in [0.2, 0.25) is 0 Å². The van der Waals surface area contributed by atoms with Crippen LogP contribution in [-0.2, 0) is 6.18 Å². The number of nitrogens with one attached hydrogen (secondary N) is 2. The van der Waals surface area contributed by atoms with Gasteiger partial charge in [0.25, 0.3) is 0 Å². The predicted octanol–water partition coefficient (Wildman–Crippen LogP) is 4.02. The van der Waals surface area contributed by atoms with E-state index in [9.17, 15) is 13.2 Å². The predicted molar refractivity (Wildman–Crippen MR) is 73.3 cm³/mol. The van der Waals surface area contributed by atoms with Gasteiger partial charge in [-0.3, -0.25) is 0 Å². The minimum absolute atomic E-state index is 0.0759. The molecule has 106 valence electrons. The Morgan fingerprint density at radius 3 is 2.42 bits per heavy atom. The Kier molecular flexibility index (Phi) is 4.11. The number of halogens is 4. The van der Waals surface area contributed by atoms with Gasteiger partial charge in [0.15, 0.2) is 0 Å². The summed E-state index contributed by atoms with van der Waals surface area (Å²) in [6.45, 7) is 3.93. The molecule has 0 aliphatic carbocycles. The van der Waals surface area contributed by atoms with E-state index in [-0.39, 0.29) is 5.54 Å². The number of benzene rings is 1. The van der Waals surface area contributed by atoms with Gasteiger partial charge in [0.05, 0.1) is 5.56 Å². The summed E-state index contributed by atoms with van der Waals surface area (Å²) in [5, 5.41) is 6.62. The van der Waals surface area contributed by atoms with E-state index in [1.807, 2.05) is 0 Å². The fourth-order valence-electron chi connectivity index (χ4n) is 2.22. The lowest BCUT2D eigenvalue weighted by atomic mass is 9.90. The van der Waals surface area contributed by atoms with Crippen LogP contribution in [0.15, 0.2) is 22.7 Å². The van der Waals surface area contributed by atoms with Crippen LogP contribution < -0.4 is 10.6 Å². The molecule has 1 aromatic rings. The summed E-state index contributed by atoms with van der Waals surface area (Å²) in [5.41, 5.74) is -0.00848. The number of anilines is 1. The van der Waals surface area contributed by atoms with Crippen LogP contribution in [0.25, 0.3) is 0 Å². The quantitative estimate of drug-likeness (QED) is 0.852. The van der Waals surface area contributed by atoms with Crippen LogP contribution in [0.4, 0.5) is 18.9 Å². The first-order valence-electron chi connectivity index (χ1n) is 6.16. The Morgan fingerprint density at radius 2 is 1.89 bits per heavy atom. The van der Waals surface area contributed by atoms with Gasteiger partial charge in [-0.05, 0) is 67.0 Å². The zero-order chi connectivity index (χ0) is 14.1. The smallest absolute Gasteiger partial charge is 0.379 e. The lowest BCUT2D eigenvalue weighted by Gasteiger charge is -2.36. The van der Waals surface area contributed by atoms with Gasteiger partial charge in [0.1, 0.15) is 0 Å². The second-order valence-electron chi connectivity index (χ2n) is 5.13. The molecule has 2 nitrogen and oxygen atoms in total. The number of alkyl halides is 3. The summed E-state index contributed by atoms with van der Waals surface area (Å²) in [5.74, 6) is 0. The van der Waals surface area contributed by atoms with Crippen LogP contribution in [0.3, 0.4) is 0 Å². The minimum atomic E-state index is -4.31. The lowest BCUT2D eigenvalue weighted by Crippen LogP contribution is -2.45. The van der Waals surface area contributed by atoms with Crippen molar-refractivity contribution in [1.29, 1.82) is 0 Å². The van der Waals surface area contributed by atoms with Crippen molar-refractivity contribution < 1.29 is 13.2 Å². The second kappa shape index (κ2) is 5.32. The molecule has 1 fully saturated rings. The van der Waals surface area contributed by atoms with Gasteiger partial charge in [-0.1, -0.05) is 0 Å². The first-order chi connectivity index (χ1) is 8.80. The van der Waals surface area contributed by atoms with E-state index in [1.54, 1.807) is 0 Å². The normalized spacial score (nSPS) is 19.2. The second-order valence-corrected chi connectivity index (χ2v) is 5.98. The highest BCUT2D eigenvalue weighted by atomic mass is 79.9. The minimum Gasteiger partial charge on any atom is -0.379 e. The van der Waals surface area contributed by atoms with E-state index in [0.717, 1.165) is 38.1 Å². The van der Waals surface area contributed by atoms with E-state index in [2.05, 4.69) is 33.5 Å². The van der Waals surface area contributed by atoms with E-state index in [0.29, 0.717) is 10.2 Å². The molecule has 0 aromatic heterocycles. The molecule has 1 aliphatic heterocycles. The molecule has 1 saturated heterocycles. The summed E-state index contributed by atoms with van der Waals surface area (Å²) >= 11 is 3.21. The van der Waals surface area contributed by atoms with E-state index in [1.165, 1.54) is 6.07 Å². The molecule has 0 bridgehead atoms. The van der Waals surface area contributed by atoms with Crippen LogP contribution in [0.5, 0.6) is 0 Å². The zero-order valence-corrected chi connectivity index (χ0v) is 12.2. The highest BCUT2D eigenvalue weighted by Crippen LogP contribution is 2.35. The average molecular weight is 337 g/mol. The Labute approximate surface area is 118 Å². The highest BCUT2D eigenvalue weighted by molar-refractivity contribution is 9.10. The molecule has 0 spiro atoms. The third kappa shape index (κ3) is 3.63. The fourth-order valence-corrected chi connectivity index (χ4v) is 2.70. The van der Waals surface area contributed by atoms with Gasteiger partial charge < -0.3 is 10.6 Å². The number of hydrogen-bond acceptors (Lipinski definition) is 2. The lowest BCUT2D eigenvalue weighted by molar-refractivity contribution is -0.137. The molecule has 19 heavy (non-hydrogen) atoms. The van der Waals surface area contributed by atoms with Crippen LogP contribution >= 0.6 is 15.9 Å². The number of rotatable bonds is 2. The summed E-state index contributed by atoms with van der Waals surface area (Å²) in [7, 11) is 0. The average Bonchev–Trinajstić information content (AvgIpc) is 2.31. The van der Waals surface area contributed by atoms with Crippen molar-refractivity contribution in [3.05, 3.63) is 28.2 Å². The van der Waals surface area contributed by atoms with Crippen molar-refractivity contribution in [2.75, 3.05) is 18.4 Å². The summed E-state index contributed by atoms with van der Waals surface area (Å²) in [6.07, 6.45) is -2.42. The molecule has 0 saturated carbocycles. The molecule has 2 rings (SSSR count). The van der Waals surface area contributed by atoms with Crippen molar-refractivity contribution in [2.45, 2.75) is 31.5 Å². The Hall–Kier alpha value is -0.750. The molecule has 0 amide bonds. The molecule has 2 N–H and O–H groups in total.